The van der Waals surface area contributed by atoms with Crippen molar-refractivity contribution in [1.82, 2.24) is 15.1 Å². The molecule has 1 aliphatic rings. The van der Waals surface area contributed by atoms with Crippen LogP contribution in [0.15, 0.2) is 12.4 Å². The molecular formula is C12H16N4O. The number of amides is 1. The van der Waals surface area contributed by atoms with E-state index in [1.54, 1.807) is 13.1 Å². The van der Waals surface area contributed by atoms with E-state index in [-0.39, 0.29) is 5.91 Å². The van der Waals surface area contributed by atoms with E-state index in [0.717, 1.165) is 25.9 Å². The second kappa shape index (κ2) is 5.51. The van der Waals surface area contributed by atoms with Gasteiger partial charge in [0.15, 0.2) is 0 Å². The second-order valence-corrected chi connectivity index (χ2v) is 4.02. The Kier molecular flexibility index (Phi) is 3.78. The summed E-state index contributed by atoms with van der Waals surface area (Å²) in [4.78, 5) is 11.3. The topological polar surface area (TPSA) is 59.0 Å². The lowest BCUT2D eigenvalue weighted by Gasteiger charge is -2.22. The van der Waals surface area contributed by atoms with Crippen molar-refractivity contribution in [3.63, 3.8) is 0 Å². The van der Waals surface area contributed by atoms with Crippen LogP contribution in [0.25, 0.3) is 0 Å². The number of anilines is 1. The zero-order valence-electron chi connectivity index (χ0n) is 9.86. The van der Waals surface area contributed by atoms with Crippen molar-refractivity contribution < 1.29 is 4.79 Å². The van der Waals surface area contributed by atoms with Gasteiger partial charge in [-0.1, -0.05) is 5.92 Å². The van der Waals surface area contributed by atoms with Crippen LogP contribution in [0.5, 0.6) is 0 Å². The Bertz CT molecular complexity index is 449. The highest BCUT2D eigenvalue weighted by molar-refractivity contribution is 6.03. The van der Waals surface area contributed by atoms with E-state index in [1.807, 2.05) is 10.9 Å². The van der Waals surface area contributed by atoms with Gasteiger partial charge in [0.25, 0.3) is 5.91 Å². The Hall–Kier alpha value is -1.80. The molecule has 1 aromatic heterocycles. The number of carbonyl (C=O) groups is 1. The Morgan fingerprint density at radius 3 is 3.06 bits per heavy atom. The summed E-state index contributed by atoms with van der Waals surface area (Å²) >= 11 is 0. The van der Waals surface area contributed by atoms with E-state index in [9.17, 15) is 4.79 Å². The van der Waals surface area contributed by atoms with Gasteiger partial charge in [-0.05, 0) is 38.8 Å². The predicted octanol–water partition coefficient (Wildman–Crippen LogP) is 0.769. The molecule has 2 rings (SSSR count). The molecule has 1 aromatic rings. The Morgan fingerprint density at radius 2 is 2.35 bits per heavy atom. The van der Waals surface area contributed by atoms with Crippen LogP contribution >= 0.6 is 0 Å². The number of aromatic nitrogens is 2. The standard InChI is InChI=1S/C12H16N4O/c1-2-3-12(17)15-10-8-14-16(9-10)11-4-6-13-7-5-11/h8-9,11,13H,4-7H2,1H3,(H,15,17). The Morgan fingerprint density at radius 1 is 1.59 bits per heavy atom. The highest BCUT2D eigenvalue weighted by Gasteiger charge is 2.15. The number of piperidine rings is 1. The molecule has 17 heavy (non-hydrogen) atoms. The van der Waals surface area contributed by atoms with Crippen LogP contribution in [-0.4, -0.2) is 28.8 Å². The first-order valence-corrected chi connectivity index (χ1v) is 5.78. The fraction of sp³-hybridized carbons (Fsp3) is 0.500. The molecule has 0 radical (unpaired) electrons. The van der Waals surface area contributed by atoms with Crippen molar-refractivity contribution >= 4 is 11.6 Å². The zero-order valence-corrected chi connectivity index (χ0v) is 9.86. The SMILES string of the molecule is CC#CC(=O)Nc1cnn(C2CCNCC2)c1. The molecular weight excluding hydrogens is 216 g/mol. The van der Waals surface area contributed by atoms with Gasteiger partial charge in [0, 0.05) is 6.20 Å². The molecule has 0 atom stereocenters. The molecule has 90 valence electrons. The van der Waals surface area contributed by atoms with Gasteiger partial charge in [-0.2, -0.15) is 5.10 Å². The minimum absolute atomic E-state index is 0.294. The van der Waals surface area contributed by atoms with Crippen molar-refractivity contribution in [3.05, 3.63) is 12.4 Å². The van der Waals surface area contributed by atoms with E-state index in [4.69, 9.17) is 0 Å². The molecule has 5 nitrogen and oxygen atoms in total. The Labute approximate surface area is 101 Å². The molecule has 0 aliphatic carbocycles. The quantitative estimate of drug-likeness (QED) is 0.740. The highest BCUT2D eigenvalue weighted by atomic mass is 16.1. The first-order chi connectivity index (χ1) is 8.29. The lowest BCUT2D eigenvalue weighted by Crippen LogP contribution is -2.29. The molecule has 0 aromatic carbocycles. The molecule has 2 N–H and O–H groups in total. The van der Waals surface area contributed by atoms with E-state index < -0.39 is 0 Å². The summed E-state index contributed by atoms with van der Waals surface area (Å²) < 4.78 is 1.93. The smallest absolute Gasteiger partial charge is 0.300 e. The fourth-order valence-electron chi connectivity index (χ4n) is 1.95. The van der Waals surface area contributed by atoms with Crippen LogP contribution in [0, 0.1) is 11.8 Å². The molecule has 1 saturated heterocycles. The van der Waals surface area contributed by atoms with Crippen molar-refractivity contribution in [3.8, 4) is 11.8 Å². The number of hydrogen-bond donors (Lipinski definition) is 2. The van der Waals surface area contributed by atoms with Gasteiger partial charge in [-0.15, -0.1) is 0 Å². The van der Waals surface area contributed by atoms with Crippen LogP contribution in [0.1, 0.15) is 25.8 Å². The van der Waals surface area contributed by atoms with Crippen LogP contribution < -0.4 is 10.6 Å². The van der Waals surface area contributed by atoms with Gasteiger partial charge >= 0.3 is 0 Å². The minimum atomic E-state index is -0.294. The van der Waals surface area contributed by atoms with Crippen molar-refractivity contribution in [2.45, 2.75) is 25.8 Å². The second-order valence-electron chi connectivity index (χ2n) is 4.02. The van der Waals surface area contributed by atoms with E-state index >= 15 is 0 Å². The summed E-state index contributed by atoms with van der Waals surface area (Å²) in [6.07, 6.45) is 5.68. The van der Waals surface area contributed by atoms with Crippen molar-refractivity contribution in [1.29, 1.82) is 0 Å². The predicted molar refractivity (Wildman–Crippen MR) is 65.4 cm³/mol. The number of rotatable bonds is 2. The van der Waals surface area contributed by atoms with Gasteiger partial charge in [-0.25, -0.2) is 0 Å². The van der Waals surface area contributed by atoms with E-state index in [0.29, 0.717) is 11.7 Å². The number of carbonyl (C=O) groups excluding carboxylic acids is 1. The summed E-state index contributed by atoms with van der Waals surface area (Å²) in [5.41, 5.74) is 0.705. The molecule has 0 saturated carbocycles. The molecule has 0 unspecified atom stereocenters. The number of nitrogens with zero attached hydrogens (tertiary/aromatic N) is 2. The minimum Gasteiger partial charge on any atom is -0.317 e. The van der Waals surface area contributed by atoms with Gasteiger partial charge in [0.1, 0.15) is 0 Å². The van der Waals surface area contributed by atoms with Crippen molar-refractivity contribution in [2.75, 3.05) is 18.4 Å². The maximum Gasteiger partial charge on any atom is 0.300 e. The summed E-state index contributed by atoms with van der Waals surface area (Å²) in [6, 6.07) is 0.430. The summed E-state index contributed by atoms with van der Waals surface area (Å²) in [6.45, 7) is 3.68. The molecule has 5 heteroatoms. The average molecular weight is 232 g/mol. The van der Waals surface area contributed by atoms with Gasteiger partial charge in [0.05, 0.1) is 17.9 Å². The fourth-order valence-corrected chi connectivity index (χ4v) is 1.95. The molecule has 1 amide bonds. The third-order valence-corrected chi connectivity index (χ3v) is 2.78. The van der Waals surface area contributed by atoms with Crippen LogP contribution in [-0.2, 0) is 4.79 Å². The van der Waals surface area contributed by atoms with Crippen molar-refractivity contribution in [2.24, 2.45) is 0 Å². The van der Waals surface area contributed by atoms with Gasteiger partial charge < -0.3 is 10.6 Å². The van der Waals surface area contributed by atoms with Gasteiger partial charge in [-0.3, -0.25) is 9.48 Å². The first-order valence-electron chi connectivity index (χ1n) is 5.78. The van der Waals surface area contributed by atoms with Crippen LogP contribution in [0.2, 0.25) is 0 Å². The van der Waals surface area contributed by atoms with E-state index in [1.165, 1.54) is 0 Å². The zero-order chi connectivity index (χ0) is 12.1. The van der Waals surface area contributed by atoms with Crippen LogP contribution in [0.3, 0.4) is 0 Å². The lowest BCUT2D eigenvalue weighted by atomic mass is 10.1. The molecule has 0 bridgehead atoms. The third-order valence-electron chi connectivity index (χ3n) is 2.78. The highest BCUT2D eigenvalue weighted by Crippen LogP contribution is 2.19. The average Bonchev–Trinajstić information content (AvgIpc) is 2.79. The summed E-state index contributed by atoms with van der Waals surface area (Å²) in [7, 11) is 0. The van der Waals surface area contributed by atoms with Gasteiger partial charge in [0.2, 0.25) is 0 Å². The lowest BCUT2D eigenvalue weighted by molar-refractivity contribution is -0.111. The maximum atomic E-state index is 11.3. The molecule has 1 aliphatic heterocycles. The maximum absolute atomic E-state index is 11.3. The normalized spacial score (nSPS) is 16.1. The number of hydrogen-bond acceptors (Lipinski definition) is 3. The Balaban J connectivity index is 1.99. The summed E-state index contributed by atoms with van der Waals surface area (Å²) in [5.74, 6) is 4.70. The molecule has 2 heterocycles. The summed E-state index contributed by atoms with van der Waals surface area (Å²) in [5, 5.41) is 10.3. The monoisotopic (exact) mass is 232 g/mol. The first kappa shape index (κ1) is 11.7. The van der Waals surface area contributed by atoms with Crippen LogP contribution in [0.4, 0.5) is 5.69 Å². The van der Waals surface area contributed by atoms with E-state index in [2.05, 4.69) is 27.6 Å². The molecule has 1 fully saturated rings. The third kappa shape index (κ3) is 3.08. The largest absolute Gasteiger partial charge is 0.317 e. The molecule has 0 spiro atoms. The number of nitrogens with one attached hydrogen (secondary N) is 2.